The lowest BCUT2D eigenvalue weighted by molar-refractivity contribution is -0.377. The highest BCUT2D eigenvalue weighted by molar-refractivity contribution is 7.12. The highest BCUT2D eigenvalue weighted by atomic mass is 32.1. The van der Waals surface area contributed by atoms with Gasteiger partial charge in [-0.25, -0.2) is 4.98 Å². The summed E-state index contributed by atoms with van der Waals surface area (Å²) in [4.78, 5) is 32.1. The van der Waals surface area contributed by atoms with E-state index in [-0.39, 0.29) is 11.7 Å². The fraction of sp³-hybridized carbons (Fsp3) is 0.353. The molecule has 0 unspecified atom stereocenters. The highest BCUT2D eigenvalue weighted by Gasteiger charge is 2.22. The number of hydrogen-bond donors (Lipinski definition) is 0. The van der Waals surface area contributed by atoms with Gasteiger partial charge in [0.25, 0.3) is 0 Å². The Labute approximate surface area is 139 Å². The SMILES string of the molecule is O=C(CCC(=O)N1CCN(c2cc[nH+]cc2)CC1)c1cccs1. The minimum atomic E-state index is 0.0625. The predicted octanol–water partition coefficient (Wildman–Crippen LogP) is 1.87. The Hall–Kier alpha value is -2.21. The van der Waals surface area contributed by atoms with E-state index in [0.717, 1.165) is 18.0 Å². The second kappa shape index (κ2) is 7.37. The Morgan fingerprint density at radius 3 is 2.43 bits per heavy atom. The van der Waals surface area contributed by atoms with Gasteiger partial charge in [0.15, 0.2) is 18.2 Å². The number of rotatable bonds is 5. The quantitative estimate of drug-likeness (QED) is 0.787. The molecule has 0 bridgehead atoms. The van der Waals surface area contributed by atoms with E-state index in [1.807, 2.05) is 46.9 Å². The first-order valence-electron chi connectivity index (χ1n) is 7.79. The van der Waals surface area contributed by atoms with Crippen molar-refractivity contribution in [2.75, 3.05) is 31.1 Å². The number of thiophene rings is 1. The fourth-order valence-corrected chi connectivity index (χ4v) is 3.44. The minimum Gasteiger partial charge on any atom is -0.368 e. The van der Waals surface area contributed by atoms with Crippen LogP contribution in [-0.4, -0.2) is 42.8 Å². The largest absolute Gasteiger partial charge is 0.368 e. The summed E-state index contributed by atoms with van der Waals surface area (Å²) in [7, 11) is 0. The fourth-order valence-electron chi connectivity index (χ4n) is 2.74. The topological polar surface area (TPSA) is 54.8 Å². The van der Waals surface area contributed by atoms with E-state index in [9.17, 15) is 9.59 Å². The third kappa shape index (κ3) is 3.96. The van der Waals surface area contributed by atoms with E-state index in [1.54, 1.807) is 0 Å². The Morgan fingerprint density at radius 2 is 1.78 bits per heavy atom. The number of H-pyrrole nitrogens is 1. The monoisotopic (exact) mass is 330 g/mol. The molecule has 0 atom stereocenters. The molecule has 23 heavy (non-hydrogen) atoms. The normalized spacial score (nSPS) is 14.8. The van der Waals surface area contributed by atoms with Gasteiger partial charge < -0.3 is 9.80 Å². The van der Waals surface area contributed by atoms with E-state index >= 15 is 0 Å². The summed E-state index contributed by atoms with van der Waals surface area (Å²) in [5, 5.41) is 1.88. The third-order valence-corrected chi connectivity index (χ3v) is 4.97. The summed E-state index contributed by atoms with van der Waals surface area (Å²) in [5.41, 5.74) is 1.17. The van der Waals surface area contributed by atoms with Crippen LogP contribution in [0, 0.1) is 0 Å². The van der Waals surface area contributed by atoms with E-state index in [4.69, 9.17) is 0 Å². The molecule has 1 N–H and O–H groups in total. The number of piperazine rings is 1. The molecule has 0 saturated carbocycles. The van der Waals surface area contributed by atoms with Crippen LogP contribution in [-0.2, 0) is 4.79 Å². The summed E-state index contributed by atoms with van der Waals surface area (Å²) in [5.74, 6) is 0.142. The van der Waals surface area contributed by atoms with Crippen LogP contribution in [0.25, 0.3) is 0 Å². The van der Waals surface area contributed by atoms with Gasteiger partial charge in [-0.3, -0.25) is 9.59 Å². The average Bonchev–Trinajstić information content (AvgIpc) is 3.15. The van der Waals surface area contributed by atoms with Gasteiger partial charge in [-0.2, -0.15) is 0 Å². The molecule has 1 fully saturated rings. The lowest BCUT2D eigenvalue weighted by Gasteiger charge is -2.35. The molecular formula is C17H20N3O2S+. The molecule has 3 rings (SSSR count). The van der Waals surface area contributed by atoms with Gasteiger partial charge in [0, 0.05) is 56.8 Å². The Bertz CT molecular complexity index is 650. The molecule has 1 amide bonds. The minimum absolute atomic E-state index is 0.0625. The van der Waals surface area contributed by atoms with Gasteiger partial charge in [-0.05, 0) is 11.4 Å². The zero-order valence-electron chi connectivity index (χ0n) is 12.9. The number of aromatic amines is 1. The molecule has 1 aliphatic heterocycles. The number of Topliss-reactive ketones (excluding diaryl/α,β-unsaturated/α-hetero) is 1. The number of carbonyl (C=O) groups excluding carboxylic acids is 2. The summed E-state index contributed by atoms with van der Waals surface area (Å²) < 4.78 is 0. The molecule has 5 nitrogen and oxygen atoms in total. The lowest BCUT2D eigenvalue weighted by Crippen LogP contribution is -2.48. The number of nitrogens with one attached hydrogen (secondary N) is 1. The van der Waals surface area contributed by atoms with Gasteiger partial charge in [0.2, 0.25) is 5.91 Å². The molecule has 0 aliphatic carbocycles. The van der Waals surface area contributed by atoms with Crippen molar-refractivity contribution in [1.82, 2.24) is 4.90 Å². The van der Waals surface area contributed by atoms with Crippen molar-refractivity contribution in [3.63, 3.8) is 0 Å². The molecule has 0 radical (unpaired) electrons. The first-order chi connectivity index (χ1) is 11.2. The van der Waals surface area contributed by atoms with Crippen LogP contribution in [0.15, 0.2) is 42.0 Å². The Kier molecular flexibility index (Phi) is 5.02. The smallest absolute Gasteiger partial charge is 0.223 e. The van der Waals surface area contributed by atoms with Crippen molar-refractivity contribution in [3.05, 3.63) is 46.9 Å². The number of nitrogens with zero attached hydrogens (tertiary/aromatic N) is 2. The molecule has 120 valence electrons. The van der Waals surface area contributed by atoms with Gasteiger partial charge in [0.05, 0.1) is 4.88 Å². The number of amides is 1. The molecule has 6 heteroatoms. The third-order valence-electron chi connectivity index (χ3n) is 4.06. The standard InChI is InChI=1S/C17H19N3O2S/c21-15(16-2-1-13-23-16)3-4-17(22)20-11-9-19(10-12-20)14-5-7-18-8-6-14/h1-2,5-8,13H,3-4,9-12H2/p+1. The maximum absolute atomic E-state index is 12.3. The number of anilines is 1. The number of ketones is 1. The zero-order chi connectivity index (χ0) is 16.1. The van der Waals surface area contributed by atoms with Crippen LogP contribution in [0.5, 0.6) is 0 Å². The summed E-state index contributed by atoms with van der Waals surface area (Å²) in [6, 6.07) is 7.75. The van der Waals surface area contributed by atoms with E-state index in [1.165, 1.54) is 17.0 Å². The number of hydrogen-bond acceptors (Lipinski definition) is 4. The summed E-state index contributed by atoms with van der Waals surface area (Å²) in [6.45, 7) is 3.08. The van der Waals surface area contributed by atoms with Crippen molar-refractivity contribution in [1.29, 1.82) is 0 Å². The van der Waals surface area contributed by atoms with E-state index in [2.05, 4.69) is 9.88 Å². The summed E-state index contributed by atoms with van der Waals surface area (Å²) >= 11 is 1.43. The molecule has 2 aromatic heterocycles. The number of aromatic nitrogens is 1. The summed E-state index contributed by atoms with van der Waals surface area (Å²) in [6.07, 6.45) is 4.41. The molecule has 0 spiro atoms. The Balaban J connectivity index is 1.46. The van der Waals surface area contributed by atoms with Crippen LogP contribution < -0.4 is 9.88 Å². The molecular weight excluding hydrogens is 310 g/mol. The molecule has 2 aromatic rings. The van der Waals surface area contributed by atoms with Crippen LogP contribution in [0.2, 0.25) is 0 Å². The molecule has 1 aliphatic rings. The van der Waals surface area contributed by atoms with Crippen LogP contribution in [0.3, 0.4) is 0 Å². The van der Waals surface area contributed by atoms with Gasteiger partial charge in [-0.1, -0.05) is 6.07 Å². The highest BCUT2D eigenvalue weighted by Crippen LogP contribution is 2.16. The van der Waals surface area contributed by atoms with Crippen molar-refractivity contribution in [2.45, 2.75) is 12.8 Å². The lowest BCUT2D eigenvalue weighted by atomic mass is 10.1. The molecule has 0 aromatic carbocycles. The van der Waals surface area contributed by atoms with E-state index in [0.29, 0.717) is 25.9 Å². The maximum Gasteiger partial charge on any atom is 0.223 e. The number of pyridine rings is 1. The van der Waals surface area contributed by atoms with Crippen LogP contribution in [0.4, 0.5) is 5.69 Å². The van der Waals surface area contributed by atoms with Crippen LogP contribution >= 0.6 is 11.3 Å². The average molecular weight is 330 g/mol. The first-order valence-corrected chi connectivity index (χ1v) is 8.67. The van der Waals surface area contributed by atoms with Gasteiger partial charge in [0.1, 0.15) is 0 Å². The Morgan fingerprint density at radius 1 is 1.04 bits per heavy atom. The van der Waals surface area contributed by atoms with Gasteiger partial charge >= 0.3 is 0 Å². The van der Waals surface area contributed by atoms with Crippen molar-refractivity contribution >= 4 is 28.7 Å². The zero-order valence-corrected chi connectivity index (χ0v) is 13.7. The molecule has 3 heterocycles. The molecule has 1 saturated heterocycles. The van der Waals surface area contributed by atoms with Crippen molar-refractivity contribution in [2.24, 2.45) is 0 Å². The number of carbonyl (C=O) groups is 2. The second-order valence-corrected chi connectivity index (χ2v) is 6.47. The van der Waals surface area contributed by atoms with E-state index < -0.39 is 0 Å². The first kappa shape index (κ1) is 15.7. The maximum atomic E-state index is 12.3. The van der Waals surface area contributed by atoms with Crippen molar-refractivity contribution in [3.8, 4) is 0 Å². The predicted molar refractivity (Wildman–Crippen MR) is 89.7 cm³/mol. The van der Waals surface area contributed by atoms with Crippen LogP contribution in [0.1, 0.15) is 22.5 Å². The second-order valence-electron chi connectivity index (χ2n) is 5.53. The van der Waals surface area contributed by atoms with Crippen molar-refractivity contribution < 1.29 is 14.6 Å². The van der Waals surface area contributed by atoms with Gasteiger partial charge in [-0.15, -0.1) is 11.3 Å².